The minimum atomic E-state index is 0.249. The molecule has 0 spiro atoms. The summed E-state index contributed by atoms with van der Waals surface area (Å²) in [6, 6.07) is 7.36. The summed E-state index contributed by atoms with van der Waals surface area (Å²) in [6.45, 7) is 11.7. The highest BCUT2D eigenvalue weighted by Gasteiger charge is 2.23. The molecular weight excluding hydrogens is 234 g/mol. The van der Waals surface area contributed by atoms with Crippen LogP contribution in [0.2, 0.25) is 0 Å². The van der Waals surface area contributed by atoms with Crippen LogP contribution in [0, 0.1) is 0 Å². The summed E-state index contributed by atoms with van der Waals surface area (Å²) < 4.78 is 5.73. The van der Waals surface area contributed by atoms with Gasteiger partial charge in [-0.15, -0.1) is 0 Å². The number of ether oxygens (including phenoxy) is 1. The summed E-state index contributed by atoms with van der Waals surface area (Å²) >= 11 is 0. The number of rotatable bonds is 4. The molecule has 1 aromatic carbocycles. The largest absolute Gasteiger partial charge is 0.379 e. The van der Waals surface area contributed by atoms with Crippen LogP contribution in [-0.4, -0.2) is 19.8 Å². The summed E-state index contributed by atoms with van der Waals surface area (Å²) in [4.78, 5) is 0. The van der Waals surface area contributed by atoms with Gasteiger partial charge >= 0.3 is 0 Å². The zero-order valence-corrected chi connectivity index (χ0v) is 12.8. The zero-order chi connectivity index (χ0) is 13.9. The van der Waals surface area contributed by atoms with Crippen LogP contribution in [0.5, 0.6) is 0 Å². The Morgan fingerprint density at radius 3 is 2.79 bits per heavy atom. The van der Waals surface area contributed by atoms with Crippen LogP contribution < -0.4 is 5.32 Å². The standard InChI is InChI=1S/C17H27NO/c1-5-17(3,4)14-8-7-13-9-10-19-12-16(18-6-2)15(13)11-14/h7-8,11,16,18H,5-6,9-10,12H2,1-4H3. The van der Waals surface area contributed by atoms with Gasteiger partial charge in [0.25, 0.3) is 0 Å². The van der Waals surface area contributed by atoms with Gasteiger partial charge in [-0.1, -0.05) is 45.9 Å². The van der Waals surface area contributed by atoms with Crippen molar-refractivity contribution in [1.82, 2.24) is 5.32 Å². The highest BCUT2D eigenvalue weighted by Crippen LogP contribution is 2.31. The lowest BCUT2D eigenvalue weighted by atomic mass is 9.80. The van der Waals surface area contributed by atoms with Gasteiger partial charge in [-0.05, 0) is 41.5 Å². The molecule has 1 aliphatic rings. The lowest BCUT2D eigenvalue weighted by Gasteiger charge is -2.26. The van der Waals surface area contributed by atoms with E-state index in [1.165, 1.54) is 16.7 Å². The quantitative estimate of drug-likeness (QED) is 0.894. The Morgan fingerprint density at radius 2 is 2.11 bits per heavy atom. The first kappa shape index (κ1) is 14.5. The van der Waals surface area contributed by atoms with E-state index in [0.29, 0.717) is 6.04 Å². The molecule has 19 heavy (non-hydrogen) atoms. The number of likely N-dealkylation sites (N-methyl/N-ethyl adjacent to an activating group) is 1. The molecule has 0 saturated heterocycles. The van der Waals surface area contributed by atoms with Crippen molar-refractivity contribution in [3.8, 4) is 0 Å². The topological polar surface area (TPSA) is 21.3 Å². The van der Waals surface area contributed by atoms with Crippen molar-refractivity contribution in [2.45, 2.75) is 52.0 Å². The molecule has 0 fully saturated rings. The van der Waals surface area contributed by atoms with Crippen LogP contribution >= 0.6 is 0 Å². The number of hydrogen-bond donors (Lipinski definition) is 1. The molecule has 2 heteroatoms. The Bertz CT molecular complexity index is 425. The second kappa shape index (κ2) is 6.06. The molecule has 1 aromatic rings. The monoisotopic (exact) mass is 261 g/mol. The molecule has 2 rings (SSSR count). The van der Waals surface area contributed by atoms with Gasteiger partial charge in [-0.25, -0.2) is 0 Å². The van der Waals surface area contributed by atoms with Crippen molar-refractivity contribution in [3.05, 3.63) is 34.9 Å². The lowest BCUT2D eigenvalue weighted by molar-refractivity contribution is 0.122. The fourth-order valence-electron chi connectivity index (χ4n) is 2.66. The zero-order valence-electron chi connectivity index (χ0n) is 12.8. The molecule has 0 saturated carbocycles. The average molecular weight is 261 g/mol. The summed E-state index contributed by atoms with van der Waals surface area (Å²) in [5, 5.41) is 3.55. The van der Waals surface area contributed by atoms with Gasteiger partial charge in [0, 0.05) is 0 Å². The van der Waals surface area contributed by atoms with Crippen molar-refractivity contribution < 1.29 is 4.74 Å². The molecule has 1 unspecified atom stereocenters. The fourth-order valence-corrected chi connectivity index (χ4v) is 2.66. The van der Waals surface area contributed by atoms with Gasteiger partial charge in [-0.2, -0.15) is 0 Å². The third-order valence-electron chi connectivity index (χ3n) is 4.44. The Kier molecular flexibility index (Phi) is 4.64. The fraction of sp³-hybridized carbons (Fsp3) is 0.647. The van der Waals surface area contributed by atoms with E-state index in [2.05, 4.69) is 51.2 Å². The molecule has 0 aliphatic carbocycles. The van der Waals surface area contributed by atoms with Crippen molar-refractivity contribution in [2.75, 3.05) is 19.8 Å². The normalized spacial score (nSPS) is 19.9. The first-order chi connectivity index (χ1) is 9.08. The second-order valence-corrected chi connectivity index (χ2v) is 6.09. The molecule has 2 nitrogen and oxygen atoms in total. The van der Waals surface area contributed by atoms with Gasteiger partial charge in [0.1, 0.15) is 0 Å². The van der Waals surface area contributed by atoms with E-state index < -0.39 is 0 Å². The number of benzene rings is 1. The third-order valence-corrected chi connectivity index (χ3v) is 4.44. The van der Waals surface area contributed by atoms with E-state index in [0.717, 1.165) is 32.6 Å². The molecule has 1 N–H and O–H groups in total. The van der Waals surface area contributed by atoms with Crippen LogP contribution in [-0.2, 0) is 16.6 Å². The summed E-state index contributed by atoms with van der Waals surface area (Å²) in [5.41, 5.74) is 4.58. The molecule has 1 heterocycles. The maximum atomic E-state index is 5.73. The Morgan fingerprint density at radius 1 is 1.32 bits per heavy atom. The van der Waals surface area contributed by atoms with Gasteiger partial charge in [0.2, 0.25) is 0 Å². The van der Waals surface area contributed by atoms with Crippen LogP contribution in [0.3, 0.4) is 0 Å². The molecule has 106 valence electrons. The maximum absolute atomic E-state index is 5.73. The van der Waals surface area contributed by atoms with Crippen molar-refractivity contribution in [1.29, 1.82) is 0 Å². The highest BCUT2D eigenvalue weighted by molar-refractivity contribution is 5.38. The number of nitrogens with one attached hydrogen (secondary N) is 1. The summed E-state index contributed by atoms with van der Waals surface area (Å²) in [5.74, 6) is 0. The van der Waals surface area contributed by atoms with Crippen molar-refractivity contribution >= 4 is 0 Å². The smallest absolute Gasteiger partial charge is 0.0661 e. The first-order valence-corrected chi connectivity index (χ1v) is 7.53. The summed E-state index contributed by atoms with van der Waals surface area (Å²) in [6.07, 6.45) is 2.19. The van der Waals surface area contributed by atoms with E-state index in [1.54, 1.807) is 0 Å². The van der Waals surface area contributed by atoms with E-state index in [9.17, 15) is 0 Å². The van der Waals surface area contributed by atoms with E-state index in [4.69, 9.17) is 4.74 Å². The van der Waals surface area contributed by atoms with Crippen LogP contribution in [0.25, 0.3) is 0 Å². The predicted molar refractivity (Wildman–Crippen MR) is 80.7 cm³/mol. The van der Waals surface area contributed by atoms with Gasteiger partial charge in [0.15, 0.2) is 0 Å². The molecule has 1 aliphatic heterocycles. The molecular formula is C17H27NO. The Hall–Kier alpha value is -0.860. The molecule has 1 atom stereocenters. The minimum absolute atomic E-state index is 0.249. The van der Waals surface area contributed by atoms with Gasteiger partial charge in [-0.3, -0.25) is 0 Å². The van der Waals surface area contributed by atoms with Gasteiger partial charge in [0.05, 0.1) is 19.3 Å². The summed E-state index contributed by atoms with van der Waals surface area (Å²) in [7, 11) is 0. The van der Waals surface area contributed by atoms with Crippen molar-refractivity contribution in [2.24, 2.45) is 0 Å². The number of hydrogen-bond acceptors (Lipinski definition) is 2. The average Bonchev–Trinajstić information content (AvgIpc) is 2.61. The SMILES string of the molecule is CCNC1COCCc2ccc(C(C)(C)CC)cc21. The van der Waals surface area contributed by atoms with E-state index in [-0.39, 0.29) is 5.41 Å². The predicted octanol–water partition coefficient (Wildman–Crippen LogP) is 3.60. The maximum Gasteiger partial charge on any atom is 0.0661 e. The third kappa shape index (κ3) is 3.18. The molecule has 0 amide bonds. The van der Waals surface area contributed by atoms with Crippen molar-refractivity contribution in [3.63, 3.8) is 0 Å². The molecule has 0 bridgehead atoms. The molecule has 0 radical (unpaired) electrons. The Labute approximate surface area is 117 Å². The van der Waals surface area contributed by atoms with Crippen LogP contribution in [0.15, 0.2) is 18.2 Å². The van der Waals surface area contributed by atoms with E-state index >= 15 is 0 Å². The number of fused-ring (bicyclic) bond motifs is 1. The lowest BCUT2D eigenvalue weighted by Crippen LogP contribution is -2.25. The molecule has 0 aromatic heterocycles. The first-order valence-electron chi connectivity index (χ1n) is 7.53. The van der Waals surface area contributed by atoms with E-state index in [1.807, 2.05) is 0 Å². The minimum Gasteiger partial charge on any atom is -0.379 e. The van der Waals surface area contributed by atoms with Crippen LogP contribution in [0.4, 0.5) is 0 Å². The highest BCUT2D eigenvalue weighted by atomic mass is 16.5. The van der Waals surface area contributed by atoms with Gasteiger partial charge < -0.3 is 10.1 Å². The van der Waals surface area contributed by atoms with Crippen LogP contribution in [0.1, 0.15) is 56.8 Å². The second-order valence-electron chi connectivity index (χ2n) is 6.09. The Balaban J connectivity index is 2.39.